The number of fused-ring (bicyclic) bond motifs is 4. The fourth-order valence-electron chi connectivity index (χ4n) is 3.74. The number of halogens is 1. The summed E-state index contributed by atoms with van der Waals surface area (Å²) in [5, 5.41) is 3.98. The zero-order valence-electron chi connectivity index (χ0n) is 14.2. The quantitative estimate of drug-likeness (QED) is 0.820. The number of methoxy groups -OCH3 is 1. The summed E-state index contributed by atoms with van der Waals surface area (Å²) in [6.07, 6.45) is 0. The van der Waals surface area contributed by atoms with Crippen molar-refractivity contribution in [1.29, 1.82) is 0 Å². The highest BCUT2D eigenvalue weighted by Gasteiger charge is 2.54. The van der Waals surface area contributed by atoms with Crippen molar-refractivity contribution in [1.82, 2.24) is 5.32 Å². The van der Waals surface area contributed by atoms with Crippen LogP contribution in [0.1, 0.15) is 25.5 Å². The van der Waals surface area contributed by atoms with E-state index in [1.807, 2.05) is 30.0 Å². The molecule has 0 radical (unpaired) electrons. The Bertz CT molecular complexity index is 842. The minimum Gasteiger partial charge on any atom is -0.493 e. The summed E-state index contributed by atoms with van der Waals surface area (Å²) in [5.41, 5.74) is 1.10. The molecule has 0 aliphatic carbocycles. The maximum Gasteiger partial charge on any atom is 0.191 e. The van der Waals surface area contributed by atoms with Gasteiger partial charge in [0.05, 0.1) is 13.2 Å². The van der Waals surface area contributed by atoms with Crippen LogP contribution in [-0.4, -0.2) is 17.9 Å². The number of hydrogen-bond donors (Lipinski definition) is 1. The lowest BCUT2D eigenvalue weighted by Gasteiger charge is -2.56. The van der Waals surface area contributed by atoms with Crippen LogP contribution >= 0.6 is 12.2 Å². The van der Waals surface area contributed by atoms with E-state index in [1.165, 1.54) is 12.1 Å². The third-order valence-electron chi connectivity index (χ3n) is 5.23. The second kappa shape index (κ2) is 5.59. The van der Waals surface area contributed by atoms with Crippen LogP contribution in [0.4, 0.5) is 10.1 Å². The average molecular weight is 358 g/mol. The zero-order chi connectivity index (χ0) is 17.8. The van der Waals surface area contributed by atoms with Gasteiger partial charge in [0, 0.05) is 17.2 Å². The summed E-state index contributed by atoms with van der Waals surface area (Å²) >= 11 is 5.62. The Kier molecular flexibility index (Phi) is 3.61. The minimum absolute atomic E-state index is 0.0213. The zero-order valence-corrected chi connectivity index (χ0v) is 15.1. The van der Waals surface area contributed by atoms with E-state index in [0.29, 0.717) is 10.9 Å². The first kappa shape index (κ1) is 16.1. The van der Waals surface area contributed by atoms with Gasteiger partial charge >= 0.3 is 0 Å². The van der Waals surface area contributed by atoms with Crippen LogP contribution in [0.3, 0.4) is 0 Å². The maximum atomic E-state index is 13.4. The number of thiocarbonyl (C=S) groups is 1. The standard InChI is InChI=1S/C19H19FN2O2S/c1-11-16-14-5-4-6-15(23-3)17(14)24-19(11,2)22(18(25)21-16)13-9-7-12(20)8-10-13/h4-11,16H,1-3H3,(H,21,25)/t11-,16-,19+/m1/s1. The van der Waals surface area contributed by atoms with E-state index >= 15 is 0 Å². The molecule has 0 saturated carbocycles. The lowest BCUT2D eigenvalue weighted by atomic mass is 9.80. The van der Waals surface area contributed by atoms with E-state index in [9.17, 15) is 4.39 Å². The molecular formula is C19H19FN2O2S. The van der Waals surface area contributed by atoms with Gasteiger partial charge in [0.1, 0.15) is 5.82 Å². The minimum atomic E-state index is -0.716. The molecule has 2 heterocycles. The highest BCUT2D eigenvalue weighted by atomic mass is 32.1. The molecule has 130 valence electrons. The lowest BCUT2D eigenvalue weighted by Crippen LogP contribution is -2.69. The summed E-state index contributed by atoms with van der Waals surface area (Å²) in [6, 6.07) is 12.2. The van der Waals surface area contributed by atoms with Crippen LogP contribution in [0.2, 0.25) is 0 Å². The first-order chi connectivity index (χ1) is 12.0. The van der Waals surface area contributed by atoms with Crippen molar-refractivity contribution in [3.63, 3.8) is 0 Å². The highest BCUT2D eigenvalue weighted by Crippen LogP contribution is 2.51. The number of rotatable bonds is 2. The van der Waals surface area contributed by atoms with E-state index < -0.39 is 5.72 Å². The fourth-order valence-corrected chi connectivity index (χ4v) is 4.15. The van der Waals surface area contributed by atoms with Gasteiger partial charge in [-0.2, -0.15) is 0 Å². The van der Waals surface area contributed by atoms with Gasteiger partial charge in [-0.25, -0.2) is 4.39 Å². The Labute approximate surface area is 151 Å². The van der Waals surface area contributed by atoms with Crippen molar-refractivity contribution in [3.8, 4) is 11.5 Å². The van der Waals surface area contributed by atoms with Gasteiger partial charge in [0.25, 0.3) is 0 Å². The van der Waals surface area contributed by atoms with E-state index in [4.69, 9.17) is 21.7 Å². The number of nitrogens with one attached hydrogen (secondary N) is 1. The van der Waals surface area contributed by atoms with Crippen LogP contribution in [0.5, 0.6) is 11.5 Å². The van der Waals surface area contributed by atoms with Crippen molar-refractivity contribution < 1.29 is 13.9 Å². The predicted octanol–water partition coefficient (Wildman–Crippen LogP) is 4.01. The number of hydrogen-bond acceptors (Lipinski definition) is 3. The molecule has 0 aromatic heterocycles. The van der Waals surface area contributed by atoms with E-state index in [0.717, 1.165) is 17.0 Å². The Balaban J connectivity index is 1.86. The molecule has 2 aromatic carbocycles. The first-order valence-electron chi connectivity index (χ1n) is 8.18. The first-order valence-corrected chi connectivity index (χ1v) is 8.58. The number of para-hydroxylation sites is 1. The predicted molar refractivity (Wildman–Crippen MR) is 98.5 cm³/mol. The maximum absolute atomic E-state index is 13.4. The van der Waals surface area contributed by atoms with Crippen LogP contribution in [-0.2, 0) is 0 Å². The van der Waals surface area contributed by atoms with Crippen LogP contribution in [0.25, 0.3) is 0 Å². The largest absolute Gasteiger partial charge is 0.493 e. The van der Waals surface area contributed by atoms with Crippen LogP contribution in [0.15, 0.2) is 42.5 Å². The van der Waals surface area contributed by atoms with Crippen molar-refractivity contribution in [3.05, 3.63) is 53.8 Å². The Hall–Kier alpha value is -2.34. The molecule has 1 N–H and O–H groups in total. The van der Waals surface area contributed by atoms with Gasteiger partial charge in [-0.15, -0.1) is 0 Å². The van der Waals surface area contributed by atoms with Gasteiger partial charge in [-0.05, 0) is 49.5 Å². The summed E-state index contributed by atoms with van der Waals surface area (Å²) in [5.74, 6) is 1.23. The van der Waals surface area contributed by atoms with Crippen LogP contribution in [0, 0.1) is 11.7 Å². The fraction of sp³-hybridized carbons (Fsp3) is 0.316. The molecule has 0 unspecified atom stereocenters. The summed E-state index contributed by atoms with van der Waals surface area (Å²) in [4.78, 5) is 1.92. The van der Waals surface area contributed by atoms with Gasteiger partial charge in [0.15, 0.2) is 22.3 Å². The van der Waals surface area contributed by atoms with Crippen molar-refractivity contribution in [2.45, 2.75) is 25.6 Å². The Morgan fingerprint density at radius 3 is 2.64 bits per heavy atom. The number of nitrogens with zero attached hydrogens (tertiary/aromatic N) is 1. The third-order valence-corrected chi connectivity index (χ3v) is 5.53. The molecule has 2 aromatic rings. The molecule has 1 saturated heterocycles. The molecule has 2 aliphatic heterocycles. The molecular weight excluding hydrogens is 339 g/mol. The molecule has 3 atom stereocenters. The van der Waals surface area contributed by atoms with Crippen molar-refractivity contribution in [2.75, 3.05) is 12.0 Å². The van der Waals surface area contributed by atoms with E-state index in [-0.39, 0.29) is 17.8 Å². The second-order valence-corrected chi connectivity index (χ2v) is 6.95. The molecule has 0 amide bonds. The van der Waals surface area contributed by atoms with Gasteiger partial charge in [0.2, 0.25) is 0 Å². The van der Waals surface area contributed by atoms with Gasteiger partial charge < -0.3 is 14.8 Å². The summed E-state index contributed by atoms with van der Waals surface area (Å²) in [6.45, 7) is 4.13. The summed E-state index contributed by atoms with van der Waals surface area (Å²) in [7, 11) is 1.63. The topological polar surface area (TPSA) is 33.7 Å². The van der Waals surface area contributed by atoms with Crippen molar-refractivity contribution >= 4 is 23.0 Å². The SMILES string of the molecule is COc1cccc2c1O[C@@]1(C)[C@H](C)[C@H]2NC(=S)N1c1ccc(F)cc1. The monoisotopic (exact) mass is 358 g/mol. The Morgan fingerprint density at radius 2 is 1.96 bits per heavy atom. The second-order valence-electron chi connectivity index (χ2n) is 6.56. The van der Waals surface area contributed by atoms with E-state index in [2.05, 4.69) is 12.2 Å². The molecule has 2 bridgehead atoms. The average Bonchev–Trinajstić information content (AvgIpc) is 2.59. The number of benzene rings is 2. The smallest absolute Gasteiger partial charge is 0.191 e. The van der Waals surface area contributed by atoms with Gasteiger partial charge in [-0.1, -0.05) is 19.1 Å². The lowest BCUT2D eigenvalue weighted by molar-refractivity contribution is -0.00546. The van der Waals surface area contributed by atoms with E-state index in [1.54, 1.807) is 19.2 Å². The molecule has 2 aliphatic rings. The number of ether oxygens (including phenoxy) is 2. The molecule has 25 heavy (non-hydrogen) atoms. The molecule has 0 spiro atoms. The highest BCUT2D eigenvalue weighted by molar-refractivity contribution is 7.80. The molecule has 4 nitrogen and oxygen atoms in total. The normalized spacial score (nSPS) is 27.2. The molecule has 6 heteroatoms. The molecule has 4 rings (SSSR count). The summed E-state index contributed by atoms with van der Waals surface area (Å²) < 4.78 is 25.3. The Morgan fingerprint density at radius 1 is 1.24 bits per heavy atom. The number of anilines is 1. The van der Waals surface area contributed by atoms with Crippen LogP contribution < -0.4 is 19.7 Å². The van der Waals surface area contributed by atoms with Crippen molar-refractivity contribution in [2.24, 2.45) is 5.92 Å². The van der Waals surface area contributed by atoms with Gasteiger partial charge in [-0.3, -0.25) is 4.90 Å². The third kappa shape index (κ3) is 2.28. The molecule has 1 fully saturated rings.